The van der Waals surface area contributed by atoms with Gasteiger partial charge in [0.05, 0.1) is 12.5 Å². The van der Waals surface area contributed by atoms with Gasteiger partial charge in [-0.2, -0.15) is 11.8 Å². The van der Waals surface area contributed by atoms with Crippen LogP contribution < -0.4 is 10.6 Å². The van der Waals surface area contributed by atoms with E-state index in [4.69, 9.17) is 9.84 Å². The van der Waals surface area contributed by atoms with Gasteiger partial charge in [-0.25, -0.2) is 4.79 Å². The first-order chi connectivity index (χ1) is 8.11. The van der Waals surface area contributed by atoms with Gasteiger partial charge in [-0.05, 0) is 12.2 Å². The Morgan fingerprint density at radius 1 is 1.59 bits per heavy atom. The first kappa shape index (κ1) is 14.1. The van der Waals surface area contributed by atoms with E-state index in [0.29, 0.717) is 0 Å². The van der Waals surface area contributed by atoms with Crippen LogP contribution in [-0.4, -0.2) is 54.4 Å². The number of carboxylic acids is 1. The highest BCUT2D eigenvalue weighted by molar-refractivity contribution is 7.99. The zero-order chi connectivity index (χ0) is 12.7. The molecule has 1 saturated heterocycles. The lowest BCUT2D eigenvalue weighted by Crippen LogP contribution is -2.45. The van der Waals surface area contributed by atoms with Crippen molar-refractivity contribution < 1.29 is 19.4 Å². The number of methoxy groups -OCH3 is 1. The second-order valence-corrected chi connectivity index (χ2v) is 5.02. The largest absolute Gasteiger partial charge is 0.481 e. The molecule has 0 spiro atoms. The lowest BCUT2D eigenvalue weighted by Gasteiger charge is -2.16. The van der Waals surface area contributed by atoms with Crippen LogP contribution in [0.25, 0.3) is 0 Å². The third-order valence-corrected chi connectivity index (χ3v) is 3.65. The molecule has 0 bridgehead atoms. The van der Waals surface area contributed by atoms with Crippen LogP contribution in [0.4, 0.5) is 4.79 Å². The molecule has 2 amide bonds. The van der Waals surface area contributed by atoms with Crippen LogP contribution in [0.2, 0.25) is 0 Å². The number of thioether (sulfide) groups is 1. The predicted octanol–water partition coefficient (Wildman–Crippen LogP) is 0.281. The zero-order valence-corrected chi connectivity index (χ0v) is 10.6. The first-order valence-electron chi connectivity index (χ1n) is 5.48. The summed E-state index contributed by atoms with van der Waals surface area (Å²) in [6.45, 7) is 0.203. The molecule has 0 radical (unpaired) electrons. The van der Waals surface area contributed by atoms with E-state index in [1.807, 2.05) is 11.8 Å². The highest BCUT2D eigenvalue weighted by Gasteiger charge is 2.18. The second kappa shape index (κ2) is 7.39. The highest BCUT2D eigenvalue weighted by Crippen LogP contribution is 2.16. The summed E-state index contributed by atoms with van der Waals surface area (Å²) in [7, 11) is 1.43. The summed E-state index contributed by atoms with van der Waals surface area (Å²) in [5.74, 6) is 1.08. The van der Waals surface area contributed by atoms with Crippen LogP contribution in [0.5, 0.6) is 0 Å². The van der Waals surface area contributed by atoms with Gasteiger partial charge < -0.3 is 20.5 Å². The maximum absolute atomic E-state index is 11.5. The molecule has 1 rings (SSSR count). The molecule has 7 heteroatoms. The van der Waals surface area contributed by atoms with E-state index in [9.17, 15) is 9.59 Å². The molecule has 2 atom stereocenters. The molecule has 1 fully saturated rings. The zero-order valence-electron chi connectivity index (χ0n) is 9.77. The van der Waals surface area contributed by atoms with Crippen molar-refractivity contribution >= 4 is 23.8 Å². The molecule has 0 aromatic rings. The highest BCUT2D eigenvalue weighted by atomic mass is 32.2. The van der Waals surface area contributed by atoms with Gasteiger partial charge in [-0.1, -0.05) is 0 Å². The van der Waals surface area contributed by atoms with Gasteiger partial charge in [0.15, 0.2) is 0 Å². The summed E-state index contributed by atoms with van der Waals surface area (Å²) in [6, 6.07) is -0.0367. The monoisotopic (exact) mass is 262 g/mol. The lowest BCUT2D eigenvalue weighted by molar-refractivity contribution is -0.139. The van der Waals surface area contributed by atoms with Gasteiger partial charge in [0.2, 0.25) is 0 Å². The minimum absolute atomic E-state index is 0.115. The van der Waals surface area contributed by atoms with Crippen molar-refractivity contribution in [2.45, 2.75) is 25.0 Å². The molecule has 0 saturated carbocycles. The fourth-order valence-corrected chi connectivity index (χ4v) is 2.68. The molecule has 6 nitrogen and oxygen atoms in total. The maximum atomic E-state index is 11.5. The van der Waals surface area contributed by atoms with Crippen LogP contribution in [0.15, 0.2) is 0 Å². The fourth-order valence-electron chi connectivity index (χ4n) is 1.52. The maximum Gasteiger partial charge on any atom is 0.315 e. The molecule has 1 aliphatic rings. The van der Waals surface area contributed by atoms with Gasteiger partial charge >= 0.3 is 12.0 Å². The summed E-state index contributed by atoms with van der Waals surface area (Å²) < 4.78 is 4.95. The molecule has 2 unspecified atom stereocenters. The van der Waals surface area contributed by atoms with Crippen LogP contribution in [-0.2, 0) is 9.53 Å². The molecule has 3 N–H and O–H groups in total. The number of amides is 2. The van der Waals surface area contributed by atoms with Crippen molar-refractivity contribution in [3.63, 3.8) is 0 Å². The Labute approximate surface area is 104 Å². The van der Waals surface area contributed by atoms with Crippen molar-refractivity contribution in [1.82, 2.24) is 10.6 Å². The molecule has 1 aliphatic heterocycles. The van der Waals surface area contributed by atoms with E-state index in [1.165, 1.54) is 7.11 Å². The standard InChI is InChI=1S/C10H18N2O4S/c1-16-8(4-9(13)14)5-11-10(15)12-7-2-3-17-6-7/h7-8H,2-6H2,1H3,(H,13,14)(H2,11,12,15). The fraction of sp³-hybridized carbons (Fsp3) is 0.800. The number of aliphatic carboxylic acids is 1. The Balaban J connectivity index is 2.18. The second-order valence-electron chi connectivity index (χ2n) is 3.87. The number of ether oxygens (including phenoxy) is 1. The minimum atomic E-state index is -0.939. The summed E-state index contributed by atoms with van der Waals surface area (Å²) >= 11 is 1.82. The van der Waals surface area contributed by atoms with Crippen molar-refractivity contribution in [2.24, 2.45) is 0 Å². The van der Waals surface area contributed by atoms with E-state index in [-0.39, 0.29) is 25.0 Å². The SMILES string of the molecule is COC(CNC(=O)NC1CCSC1)CC(=O)O. The van der Waals surface area contributed by atoms with E-state index in [1.54, 1.807) is 0 Å². The van der Waals surface area contributed by atoms with Gasteiger partial charge in [0, 0.05) is 25.4 Å². The van der Waals surface area contributed by atoms with Crippen molar-refractivity contribution in [2.75, 3.05) is 25.2 Å². The van der Waals surface area contributed by atoms with E-state index in [0.717, 1.165) is 17.9 Å². The van der Waals surface area contributed by atoms with Crippen LogP contribution in [0.1, 0.15) is 12.8 Å². The average Bonchev–Trinajstić information content (AvgIpc) is 2.76. The normalized spacial score (nSPS) is 20.9. The third kappa shape index (κ3) is 5.78. The number of carbonyl (C=O) groups is 2. The van der Waals surface area contributed by atoms with Gasteiger partial charge in [0.1, 0.15) is 0 Å². The Kier molecular flexibility index (Phi) is 6.13. The smallest absolute Gasteiger partial charge is 0.315 e. The quantitative estimate of drug-likeness (QED) is 0.640. The Morgan fingerprint density at radius 2 is 2.35 bits per heavy atom. The molecule has 0 aromatic carbocycles. The number of hydrogen-bond donors (Lipinski definition) is 3. The van der Waals surface area contributed by atoms with Gasteiger partial charge in [0.25, 0.3) is 0 Å². The molecule has 17 heavy (non-hydrogen) atoms. The lowest BCUT2D eigenvalue weighted by atomic mass is 10.2. The van der Waals surface area contributed by atoms with Crippen molar-refractivity contribution in [3.05, 3.63) is 0 Å². The van der Waals surface area contributed by atoms with E-state index >= 15 is 0 Å². The summed E-state index contributed by atoms with van der Waals surface area (Å²) in [6.07, 6.45) is 0.382. The molecule has 0 aromatic heterocycles. The van der Waals surface area contributed by atoms with E-state index in [2.05, 4.69) is 10.6 Å². The van der Waals surface area contributed by atoms with Gasteiger partial charge in [-0.15, -0.1) is 0 Å². The number of nitrogens with one attached hydrogen (secondary N) is 2. The molecular weight excluding hydrogens is 244 g/mol. The Hall–Kier alpha value is -0.950. The van der Waals surface area contributed by atoms with E-state index < -0.39 is 12.1 Å². The molecular formula is C10H18N2O4S. The molecule has 98 valence electrons. The third-order valence-electron chi connectivity index (χ3n) is 2.49. The summed E-state index contributed by atoms with van der Waals surface area (Å²) in [5, 5.41) is 14.1. The Morgan fingerprint density at radius 3 is 2.88 bits per heavy atom. The number of hydrogen-bond acceptors (Lipinski definition) is 4. The first-order valence-corrected chi connectivity index (χ1v) is 6.64. The summed E-state index contributed by atoms with van der Waals surface area (Å²) in [4.78, 5) is 22.0. The van der Waals surface area contributed by atoms with Crippen LogP contribution in [0.3, 0.4) is 0 Å². The summed E-state index contributed by atoms with van der Waals surface area (Å²) in [5.41, 5.74) is 0. The number of carboxylic acid groups (broad SMARTS) is 1. The number of carbonyl (C=O) groups excluding carboxylic acids is 1. The molecule has 1 heterocycles. The number of rotatable bonds is 6. The topological polar surface area (TPSA) is 87.7 Å². The van der Waals surface area contributed by atoms with Crippen LogP contribution >= 0.6 is 11.8 Å². The van der Waals surface area contributed by atoms with Crippen molar-refractivity contribution in [1.29, 1.82) is 0 Å². The minimum Gasteiger partial charge on any atom is -0.481 e. The van der Waals surface area contributed by atoms with Gasteiger partial charge in [-0.3, -0.25) is 4.79 Å². The van der Waals surface area contributed by atoms with Crippen LogP contribution in [0, 0.1) is 0 Å². The average molecular weight is 262 g/mol. The van der Waals surface area contributed by atoms with Crippen molar-refractivity contribution in [3.8, 4) is 0 Å². The predicted molar refractivity (Wildman–Crippen MR) is 65.3 cm³/mol. The molecule has 0 aliphatic carbocycles. The number of urea groups is 1. The Bertz CT molecular complexity index is 269.